The van der Waals surface area contributed by atoms with Gasteiger partial charge in [-0.05, 0) is 26.0 Å². The average Bonchev–Trinajstić information content (AvgIpc) is 2.82. The quantitative estimate of drug-likeness (QED) is 0.789. The Bertz CT molecular complexity index is 445. The van der Waals surface area contributed by atoms with Gasteiger partial charge in [-0.2, -0.15) is 0 Å². The number of carbonyl (C=O) groups excluding carboxylic acids is 1. The van der Waals surface area contributed by atoms with Crippen LogP contribution in [0.1, 0.15) is 28.4 Å². The lowest BCUT2D eigenvalue weighted by Gasteiger charge is -2.11. The molecule has 1 unspecified atom stereocenters. The van der Waals surface area contributed by atoms with E-state index in [-0.39, 0.29) is 18.6 Å². The number of hydrogen-bond acceptors (Lipinski definition) is 4. The second-order valence-electron chi connectivity index (χ2n) is 3.60. The van der Waals surface area contributed by atoms with Gasteiger partial charge >= 0.3 is 0 Å². The molecule has 18 heavy (non-hydrogen) atoms. The van der Waals surface area contributed by atoms with E-state index < -0.39 is 0 Å². The third-order valence-electron chi connectivity index (χ3n) is 2.12. The minimum Gasteiger partial charge on any atom is -0.384 e. The topological polar surface area (TPSA) is 58.6 Å². The first-order chi connectivity index (χ1) is 8.67. The van der Waals surface area contributed by atoms with Gasteiger partial charge in [0.1, 0.15) is 6.61 Å². The van der Waals surface area contributed by atoms with Crippen LogP contribution < -0.4 is 5.32 Å². The minimum atomic E-state index is -0.175. The summed E-state index contributed by atoms with van der Waals surface area (Å²) in [4.78, 5) is 13.2. The zero-order valence-electron chi connectivity index (χ0n) is 10.5. The van der Waals surface area contributed by atoms with Crippen molar-refractivity contribution in [1.82, 2.24) is 5.32 Å². The van der Waals surface area contributed by atoms with Gasteiger partial charge in [0.05, 0.1) is 15.9 Å². The molecule has 2 N–H and O–H groups in total. The van der Waals surface area contributed by atoms with Gasteiger partial charge in [-0.3, -0.25) is 4.79 Å². The van der Waals surface area contributed by atoms with Crippen LogP contribution in [0, 0.1) is 11.8 Å². The van der Waals surface area contributed by atoms with Crippen LogP contribution in [0.2, 0.25) is 0 Å². The van der Waals surface area contributed by atoms with Crippen molar-refractivity contribution in [3.8, 4) is 11.8 Å². The first kappa shape index (κ1) is 14.7. The Morgan fingerprint density at radius 3 is 3.06 bits per heavy atom. The Balaban J connectivity index is 2.49. The molecule has 98 valence electrons. The molecular weight excluding hydrogens is 250 g/mol. The summed E-state index contributed by atoms with van der Waals surface area (Å²) < 4.78 is 5.32. The van der Waals surface area contributed by atoms with Crippen LogP contribution in [0.5, 0.6) is 0 Å². The molecule has 0 saturated heterocycles. The van der Waals surface area contributed by atoms with Crippen molar-refractivity contribution >= 4 is 17.2 Å². The minimum absolute atomic E-state index is 0.00700. The number of aliphatic hydroxyl groups is 1. The van der Waals surface area contributed by atoms with Crippen LogP contribution in [0.4, 0.5) is 0 Å². The van der Waals surface area contributed by atoms with E-state index in [1.54, 1.807) is 12.1 Å². The van der Waals surface area contributed by atoms with Crippen molar-refractivity contribution in [2.24, 2.45) is 0 Å². The van der Waals surface area contributed by atoms with Crippen LogP contribution in [0.3, 0.4) is 0 Å². The Morgan fingerprint density at radius 2 is 2.39 bits per heavy atom. The van der Waals surface area contributed by atoms with Crippen LogP contribution in [0.25, 0.3) is 0 Å². The maximum absolute atomic E-state index is 11.8. The van der Waals surface area contributed by atoms with Crippen LogP contribution in [-0.4, -0.2) is 36.9 Å². The highest BCUT2D eigenvalue weighted by molar-refractivity contribution is 7.14. The molecule has 0 aliphatic heterocycles. The van der Waals surface area contributed by atoms with Gasteiger partial charge in [0.15, 0.2) is 0 Å². The first-order valence-electron chi connectivity index (χ1n) is 5.76. The summed E-state index contributed by atoms with van der Waals surface area (Å²) in [6.45, 7) is 4.78. The zero-order valence-corrected chi connectivity index (χ0v) is 11.3. The highest BCUT2D eigenvalue weighted by Gasteiger charge is 2.09. The van der Waals surface area contributed by atoms with E-state index in [1.807, 2.05) is 13.8 Å². The Hall–Kier alpha value is -1.35. The van der Waals surface area contributed by atoms with Gasteiger partial charge in [-0.15, -0.1) is 11.3 Å². The molecule has 1 amide bonds. The van der Waals surface area contributed by atoms with Crippen molar-refractivity contribution in [3.63, 3.8) is 0 Å². The zero-order chi connectivity index (χ0) is 13.4. The van der Waals surface area contributed by atoms with Gasteiger partial charge in [-0.1, -0.05) is 11.8 Å². The molecule has 0 spiro atoms. The molecule has 0 aliphatic carbocycles. The average molecular weight is 267 g/mol. The van der Waals surface area contributed by atoms with E-state index in [1.165, 1.54) is 11.3 Å². The maximum atomic E-state index is 11.8. The summed E-state index contributed by atoms with van der Waals surface area (Å²) in [7, 11) is 0. The van der Waals surface area contributed by atoms with Gasteiger partial charge in [0.25, 0.3) is 5.91 Å². The van der Waals surface area contributed by atoms with Crippen molar-refractivity contribution in [3.05, 3.63) is 21.9 Å². The molecule has 1 atom stereocenters. The Kier molecular flexibility index (Phi) is 6.44. The van der Waals surface area contributed by atoms with E-state index in [4.69, 9.17) is 9.84 Å². The van der Waals surface area contributed by atoms with Crippen LogP contribution >= 0.6 is 11.3 Å². The monoisotopic (exact) mass is 267 g/mol. The molecular formula is C13H17NO3S. The molecule has 0 saturated carbocycles. The van der Waals surface area contributed by atoms with Crippen molar-refractivity contribution in [2.45, 2.75) is 20.0 Å². The molecule has 5 heteroatoms. The third-order valence-corrected chi connectivity index (χ3v) is 3.12. The number of thiophene rings is 1. The predicted molar refractivity (Wildman–Crippen MR) is 71.7 cm³/mol. The summed E-state index contributed by atoms with van der Waals surface area (Å²) in [5.74, 6) is 5.19. The first-order valence-corrected chi connectivity index (χ1v) is 6.58. The molecule has 1 rings (SSSR count). The van der Waals surface area contributed by atoms with Gasteiger partial charge in [0.2, 0.25) is 0 Å². The molecule has 0 fully saturated rings. The number of amides is 1. The van der Waals surface area contributed by atoms with E-state index in [9.17, 15) is 4.79 Å². The van der Waals surface area contributed by atoms with Gasteiger partial charge in [0, 0.05) is 13.2 Å². The predicted octanol–water partition coefficient (Wildman–Crippen LogP) is 1.25. The molecule has 0 aliphatic rings. The molecule has 4 nitrogen and oxygen atoms in total. The molecule has 0 bridgehead atoms. The van der Waals surface area contributed by atoms with Crippen LogP contribution in [-0.2, 0) is 4.74 Å². The number of rotatable bonds is 5. The number of carbonyl (C=O) groups is 1. The highest BCUT2D eigenvalue weighted by Crippen LogP contribution is 2.15. The van der Waals surface area contributed by atoms with Gasteiger partial charge in [-0.25, -0.2) is 0 Å². The lowest BCUT2D eigenvalue weighted by molar-refractivity contribution is 0.0696. The second kappa shape index (κ2) is 7.88. The summed E-state index contributed by atoms with van der Waals surface area (Å²) in [5.41, 5.74) is 0. The summed E-state index contributed by atoms with van der Waals surface area (Å²) in [5, 5.41) is 11.4. The number of ether oxygens (including phenoxy) is 1. The fourth-order valence-electron chi connectivity index (χ4n) is 1.32. The standard InChI is InChI=1S/C13H17NO3S/c1-3-17-10(2)9-14-13(16)12-7-6-11(18-12)5-4-8-15/h6-7,10,15H,3,8-9H2,1-2H3,(H,14,16). The molecule has 1 aromatic rings. The Morgan fingerprint density at radius 1 is 1.61 bits per heavy atom. The van der Waals surface area contributed by atoms with Crippen LogP contribution in [0.15, 0.2) is 12.1 Å². The SMILES string of the molecule is CCOC(C)CNC(=O)c1ccc(C#CCO)s1. The fraction of sp³-hybridized carbons (Fsp3) is 0.462. The third kappa shape index (κ3) is 4.88. The molecule has 1 heterocycles. The molecule has 0 radical (unpaired) electrons. The summed E-state index contributed by atoms with van der Waals surface area (Å²) in [6, 6.07) is 3.50. The number of aliphatic hydroxyl groups excluding tert-OH is 1. The smallest absolute Gasteiger partial charge is 0.261 e. The fourth-order valence-corrected chi connectivity index (χ4v) is 2.12. The normalized spacial score (nSPS) is 11.5. The molecule has 0 aromatic carbocycles. The van der Waals surface area contributed by atoms with E-state index in [0.717, 1.165) is 4.88 Å². The summed E-state index contributed by atoms with van der Waals surface area (Å²) in [6.07, 6.45) is 0.00700. The Labute approximate surface area is 111 Å². The summed E-state index contributed by atoms with van der Waals surface area (Å²) >= 11 is 1.31. The highest BCUT2D eigenvalue weighted by atomic mass is 32.1. The number of hydrogen-bond donors (Lipinski definition) is 2. The van der Waals surface area contributed by atoms with Gasteiger partial charge < -0.3 is 15.2 Å². The van der Waals surface area contributed by atoms with Crippen molar-refractivity contribution in [1.29, 1.82) is 0 Å². The maximum Gasteiger partial charge on any atom is 0.261 e. The van der Waals surface area contributed by atoms with E-state index >= 15 is 0 Å². The van der Waals surface area contributed by atoms with Crippen molar-refractivity contribution in [2.75, 3.05) is 19.8 Å². The van der Waals surface area contributed by atoms with Crippen molar-refractivity contribution < 1.29 is 14.6 Å². The van der Waals surface area contributed by atoms with E-state index in [2.05, 4.69) is 17.2 Å². The molecule has 1 aromatic heterocycles. The number of nitrogens with one attached hydrogen (secondary N) is 1. The second-order valence-corrected chi connectivity index (χ2v) is 4.68. The van der Waals surface area contributed by atoms with E-state index in [0.29, 0.717) is 18.0 Å². The largest absolute Gasteiger partial charge is 0.384 e. The lowest BCUT2D eigenvalue weighted by Crippen LogP contribution is -2.31. The lowest BCUT2D eigenvalue weighted by atomic mass is 10.3.